The number of nitrogens with zero attached hydrogens (tertiary/aromatic N) is 4. The largest absolute Gasteiger partial charge is 0.341 e. The smallest absolute Gasteiger partial charge is 0.246 e. The summed E-state index contributed by atoms with van der Waals surface area (Å²) in [6.07, 6.45) is 7.18. The van der Waals surface area contributed by atoms with Gasteiger partial charge in [0.25, 0.3) is 0 Å². The third kappa shape index (κ3) is 4.34. The van der Waals surface area contributed by atoms with Gasteiger partial charge in [-0.25, -0.2) is 0 Å². The first kappa shape index (κ1) is 20.4. The lowest BCUT2D eigenvalue weighted by molar-refractivity contribution is -0.126. The first-order chi connectivity index (χ1) is 15.2. The molecule has 2 aromatic heterocycles. The molecule has 4 aromatic rings. The number of aromatic nitrogens is 2. The van der Waals surface area contributed by atoms with E-state index in [1.807, 2.05) is 24.3 Å². The first-order valence-corrected chi connectivity index (χ1v) is 10.4. The molecular formula is C26H24N4O. The van der Waals surface area contributed by atoms with Gasteiger partial charge in [-0.2, -0.15) is 5.26 Å². The SMILES string of the molecule is CCn1c2ccccc2c2cc(/C=C/C(=O)N(CCC#N)Cc3cccnc3)ccc21. The summed E-state index contributed by atoms with van der Waals surface area (Å²) in [5, 5.41) is 11.4. The number of benzene rings is 2. The highest BCUT2D eigenvalue weighted by atomic mass is 16.2. The molecule has 31 heavy (non-hydrogen) atoms. The molecule has 0 N–H and O–H groups in total. The van der Waals surface area contributed by atoms with Crippen LogP contribution in [-0.2, 0) is 17.9 Å². The number of fused-ring (bicyclic) bond motifs is 3. The first-order valence-electron chi connectivity index (χ1n) is 10.4. The lowest BCUT2D eigenvalue weighted by Crippen LogP contribution is -2.29. The molecule has 0 unspecified atom stereocenters. The Labute approximate surface area is 181 Å². The molecule has 5 heteroatoms. The van der Waals surface area contributed by atoms with E-state index in [0.717, 1.165) is 17.7 Å². The molecule has 0 aliphatic rings. The third-order valence-electron chi connectivity index (χ3n) is 5.43. The molecule has 0 spiro atoms. The molecule has 0 saturated carbocycles. The summed E-state index contributed by atoms with van der Waals surface area (Å²) in [7, 11) is 0. The lowest BCUT2D eigenvalue weighted by atomic mass is 10.1. The van der Waals surface area contributed by atoms with Crippen LogP contribution in [0.2, 0.25) is 0 Å². The van der Waals surface area contributed by atoms with Gasteiger partial charge in [0.1, 0.15) is 0 Å². The molecule has 4 rings (SSSR count). The molecule has 5 nitrogen and oxygen atoms in total. The van der Waals surface area contributed by atoms with Crippen molar-refractivity contribution in [3.05, 3.63) is 84.2 Å². The van der Waals surface area contributed by atoms with Gasteiger partial charge in [0.05, 0.1) is 12.5 Å². The van der Waals surface area contributed by atoms with E-state index in [1.165, 1.54) is 21.8 Å². The molecule has 1 amide bonds. The van der Waals surface area contributed by atoms with E-state index in [-0.39, 0.29) is 5.91 Å². The van der Waals surface area contributed by atoms with Crippen LogP contribution in [0.4, 0.5) is 0 Å². The number of para-hydroxylation sites is 1. The van der Waals surface area contributed by atoms with E-state index in [2.05, 4.69) is 58.9 Å². The Balaban J connectivity index is 1.60. The van der Waals surface area contributed by atoms with Crippen molar-refractivity contribution in [1.29, 1.82) is 5.26 Å². The Bertz CT molecular complexity index is 1280. The van der Waals surface area contributed by atoms with Gasteiger partial charge in [-0.05, 0) is 48.4 Å². The normalized spacial score (nSPS) is 11.2. The molecule has 2 aromatic carbocycles. The number of hydrogen-bond donors (Lipinski definition) is 0. The van der Waals surface area contributed by atoms with Crippen LogP contribution in [0.1, 0.15) is 24.5 Å². The van der Waals surface area contributed by atoms with E-state index in [9.17, 15) is 4.79 Å². The number of aryl methyl sites for hydroxylation is 1. The highest BCUT2D eigenvalue weighted by Gasteiger charge is 2.12. The fourth-order valence-corrected chi connectivity index (χ4v) is 3.95. The van der Waals surface area contributed by atoms with Crippen molar-refractivity contribution in [2.24, 2.45) is 0 Å². The predicted octanol–water partition coefficient (Wildman–Crippen LogP) is 5.17. The van der Waals surface area contributed by atoms with Crippen LogP contribution >= 0.6 is 0 Å². The predicted molar refractivity (Wildman–Crippen MR) is 124 cm³/mol. The second-order valence-electron chi connectivity index (χ2n) is 7.40. The van der Waals surface area contributed by atoms with Crippen molar-refractivity contribution in [3.63, 3.8) is 0 Å². The van der Waals surface area contributed by atoms with Crippen LogP contribution in [0.3, 0.4) is 0 Å². The third-order valence-corrected chi connectivity index (χ3v) is 5.43. The molecule has 2 heterocycles. The van der Waals surface area contributed by atoms with Crippen LogP contribution in [0.25, 0.3) is 27.9 Å². The zero-order valence-electron chi connectivity index (χ0n) is 17.5. The molecule has 0 aliphatic heterocycles. The van der Waals surface area contributed by atoms with Crippen molar-refractivity contribution in [3.8, 4) is 6.07 Å². The zero-order valence-corrected chi connectivity index (χ0v) is 17.5. The molecule has 0 fully saturated rings. The Morgan fingerprint density at radius 1 is 1.13 bits per heavy atom. The van der Waals surface area contributed by atoms with Crippen molar-refractivity contribution < 1.29 is 4.79 Å². The van der Waals surface area contributed by atoms with Gasteiger partial charge >= 0.3 is 0 Å². The molecule has 154 valence electrons. The van der Waals surface area contributed by atoms with E-state index < -0.39 is 0 Å². The minimum absolute atomic E-state index is 0.116. The number of rotatable bonds is 7. The van der Waals surface area contributed by atoms with E-state index in [4.69, 9.17) is 5.26 Å². The summed E-state index contributed by atoms with van der Waals surface area (Å²) < 4.78 is 2.31. The fourth-order valence-electron chi connectivity index (χ4n) is 3.95. The Morgan fingerprint density at radius 3 is 2.74 bits per heavy atom. The lowest BCUT2D eigenvalue weighted by Gasteiger charge is -2.19. The van der Waals surface area contributed by atoms with Gasteiger partial charge in [0, 0.05) is 59.9 Å². The minimum atomic E-state index is -0.116. The van der Waals surface area contributed by atoms with Crippen molar-refractivity contribution in [1.82, 2.24) is 14.5 Å². The summed E-state index contributed by atoms with van der Waals surface area (Å²) in [6, 6.07) is 20.6. The van der Waals surface area contributed by atoms with E-state index in [0.29, 0.717) is 19.5 Å². The maximum atomic E-state index is 12.9. The zero-order chi connectivity index (χ0) is 21.6. The number of carbonyl (C=O) groups is 1. The van der Waals surface area contributed by atoms with E-state index >= 15 is 0 Å². The molecular weight excluding hydrogens is 384 g/mol. The second-order valence-corrected chi connectivity index (χ2v) is 7.40. The standard InChI is InChI=1S/C26H24N4O/c1-2-30-24-9-4-3-8-22(24)23-17-20(10-12-25(23)30)11-13-26(31)29(16-6-14-27)19-21-7-5-15-28-18-21/h3-5,7-13,15,17-18H,2,6,16,19H2,1H3/b13-11+. The highest BCUT2D eigenvalue weighted by Crippen LogP contribution is 2.30. The van der Waals surface area contributed by atoms with Crippen LogP contribution in [0, 0.1) is 11.3 Å². The summed E-state index contributed by atoms with van der Waals surface area (Å²) >= 11 is 0. The topological polar surface area (TPSA) is 61.9 Å². The average molecular weight is 409 g/mol. The van der Waals surface area contributed by atoms with Crippen LogP contribution in [0.5, 0.6) is 0 Å². The monoisotopic (exact) mass is 408 g/mol. The van der Waals surface area contributed by atoms with Gasteiger partial charge in [-0.15, -0.1) is 0 Å². The summed E-state index contributed by atoms with van der Waals surface area (Å²) in [6.45, 7) is 3.87. The average Bonchev–Trinajstić information content (AvgIpc) is 3.13. The Kier molecular flexibility index (Phi) is 6.09. The molecule has 0 bridgehead atoms. The van der Waals surface area contributed by atoms with Crippen LogP contribution in [0.15, 0.2) is 73.1 Å². The van der Waals surface area contributed by atoms with Crippen molar-refractivity contribution in [2.75, 3.05) is 6.54 Å². The van der Waals surface area contributed by atoms with Crippen molar-refractivity contribution >= 4 is 33.8 Å². The maximum Gasteiger partial charge on any atom is 0.246 e. The Morgan fingerprint density at radius 2 is 1.97 bits per heavy atom. The van der Waals surface area contributed by atoms with Gasteiger partial charge < -0.3 is 9.47 Å². The summed E-state index contributed by atoms with van der Waals surface area (Å²) in [4.78, 5) is 18.6. The van der Waals surface area contributed by atoms with Crippen LogP contribution in [-0.4, -0.2) is 26.9 Å². The fraction of sp³-hybridized carbons (Fsp3) is 0.192. The molecule has 0 saturated heterocycles. The number of amides is 1. The van der Waals surface area contributed by atoms with Gasteiger partial charge in [0.15, 0.2) is 0 Å². The summed E-state index contributed by atoms with van der Waals surface area (Å²) in [5.41, 5.74) is 4.33. The number of hydrogen-bond acceptors (Lipinski definition) is 3. The maximum absolute atomic E-state index is 12.9. The minimum Gasteiger partial charge on any atom is -0.341 e. The Hall–Kier alpha value is -3.91. The second kappa shape index (κ2) is 9.27. The quantitative estimate of drug-likeness (QED) is 0.397. The molecule has 0 radical (unpaired) electrons. The highest BCUT2D eigenvalue weighted by molar-refractivity contribution is 6.08. The van der Waals surface area contributed by atoms with Gasteiger partial charge in [-0.3, -0.25) is 9.78 Å². The number of carbonyl (C=O) groups excluding carboxylic acids is 1. The molecule has 0 aliphatic carbocycles. The van der Waals surface area contributed by atoms with Crippen molar-refractivity contribution in [2.45, 2.75) is 26.4 Å². The molecule has 0 atom stereocenters. The number of nitriles is 1. The van der Waals surface area contributed by atoms with Gasteiger partial charge in [0.2, 0.25) is 5.91 Å². The number of pyridine rings is 1. The van der Waals surface area contributed by atoms with E-state index in [1.54, 1.807) is 23.4 Å². The summed E-state index contributed by atoms with van der Waals surface area (Å²) in [5.74, 6) is -0.116. The van der Waals surface area contributed by atoms with Gasteiger partial charge in [-0.1, -0.05) is 30.3 Å². The van der Waals surface area contributed by atoms with Crippen LogP contribution < -0.4 is 0 Å².